The van der Waals surface area contributed by atoms with E-state index in [-0.39, 0.29) is 6.10 Å². The lowest BCUT2D eigenvalue weighted by atomic mass is 9.84. The van der Waals surface area contributed by atoms with Crippen LogP contribution in [-0.4, -0.2) is 25.2 Å². The molecule has 1 heterocycles. The summed E-state index contributed by atoms with van der Waals surface area (Å²) < 4.78 is 5.37. The highest BCUT2D eigenvalue weighted by molar-refractivity contribution is 5.73. The Bertz CT molecular complexity index is 463. The molecule has 3 N–H and O–H groups in total. The number of aliphatic imine (C=N–C) groups is 1. The lowest BCUT2D eigenvalue weighted by molar-refractivity contribution is 0.234. The first-order valence-electron chi connectivity index (χ1n) is 7.61. The second-order valence-corrected chi connectivity index (χ2v) is 5.76. The van der Waals surface area contributed by atoms with Gasteiger partial charge in [-0.3, -0.25) is 0 Å². The zero-order chi connectivity index (χ0) is 13.8. The third kappa shape index (κ3) is 3.24. The van der Waals surface area contributed by atoms with E-state index in [2.05, 4.69) is 34.6 Å². The van der Waals surface area contributed by atoms with Crippen LogP contribution in [0.5, 0.6) is 0 Å². The average Bonchev–Trinajstić information content (AvgIpc) is 2.92. The Kier molecular flexibility index (Phi) is 4.09. The topological polar surface area (TPSA) is 59.6 Å². The van der Waals surface area contributed by atoms with E-state index in [4.69, 9.17) is 10.5 Å². The Morgan fingerprint density at radius 3 is 2.55 bits per heavy atom. The Labute approximate surface area is 120 Å². The van der Waals surface area contributed by atoms with Gasteiger partial charge in [-0.05, 0) is 36.5 Å². The summed E-state index contributed by atoms with van der Waals surface area (Å²) in [6.07, 6.45) is 6.92. The minimum atomic E-state index is 0.0630. The minimum Gasteiger partial charge on any atom is -0.458 e. The van der Waals surface area contributed by atoms with Crippen molar-refractivity contribution in [3.63, 3.8) is 0 Å². The molecule has 1 aromatic rings. The molecule has 0 bridgehead atoms. The van der Waals surface area contributed by atoms with E-state index >= 15 is 0 Å². The van der Waals surface area contributed by atoms with Gasteiger partial charge in [0.05, 0.1) is 13.1 Å². The quantitative estimate of drug-likeness (QED) is 0.886. The molecule has 3 rings (SSSR count). The number of nitrogens with two attached hydrogens (primary N) is 1. The smallest absolute Gasteiger partial charge is 0.282 e. The fraction of sp³-hybridized carbons (Fsp3) is 0.562. The fourth-order valence-corrected chi connectivity index (χ4v) is 3.08. The van der Waals surface area contributed by atoms with Crippen molar-refractivity contribution in [2.75, 3.05) is 18.4 Å². The molecular formula is C16H23N3O. The molecule has 1 aliphatic heterocycles. The van der Waals surface area contributed by atoms with Crippen LogP contribution in [0.4, 0.5) is 5.69 Å². The molecule has 1 fully saturated rings. The summed E-state index contributed by atoms with van der Waals surface area (Å²) in [6, 6.07) is 9.17. The van der Waals surface area contributed by atoms with E-state index in [1.165, 1.54) is 37.7 Å². The van der Waals surface area contributed by atoms with Gasteiger partial charge in [0.1, 0.15) is 6.10 Å². The van der Waals surface area contributed by atoms with E-state index in [0.29, 0.717) is 12.6 Å². The molecule has 1 saturated carbocycles. The van der Waals surface area contributed by atoms with Crippen molar-refractivity contribution in [3.05, 3.63) is 29.8 Å². The van der Waals surface area contributed by atoms with E-state index in [1.54, 1.807) is 0 Å². The van der Waals surface area contributed by atoms with Gasteiger partial charge in [0.2, 0.25) is 0 Å². The van der Waals surface area contributed by atoms with Gasteiger partial charge in [0.15, 0.2) is 0 Å². The summed E-state index contributed by atoms with van der Waals surface area (Å²) in [6.45, 7) is 1.39. The SMILES string of the molecule is NC1=NCC(CNc2ccc(C3CCCCC3)cc2)O1. The van der Waals surface area contributed by atoms with Crippen molar-refractivity contribution in [3.8, 4) is 0 Å². The number of hydrogen-bond donors (Lipinski definition) is 2. The van der Waals surface area contributed by atoms with Crippen LogP contribution < -0.4 is 11.1 Å². The molecule has 2 aliphatic rings. The van der Waals surface area contributed by atoms with Crippen molar-refractivity contribution in [1.29, 1.82) is 0 Å². The third-order valence-electron chi connectivity index (χ3n) is 4.26. The van der Waals surface area contributed by atoms with E-state index < -0.39 is 0 Å². The van der Waals surface area contributed by atoms with Gasteiger partial charge >= 0.3 is 0 Å². The first-order chi connectivity index (χ1) is 9.81. The lowest BCUT2D eigenvalue weighted by Crippen LogP contribution is -2.25. The number of anilines is 1. The second kappa shape index (κ2) is 6.16. The molecule has 4 nitrogen and oxygen atoms in total. The van der Waals surface area contributed by atoms with Gasteiger partial charge in [-0.15, -0.1) is 0 Å². The van der Waals surface area contributed by atoms with Crippen molar-refractivity contribution in [1.82, 2.24) is 0 Å². The fourth-order valence-electron chi connectivity index (χ4n) is 3.08. The molecule has 0 radical (unpaired) electrons. The van der Waals surface area contributed by atoms with Crippen LogP contribution in [0.3, 0.4) is 0 Å². The minimum absolute atomic E-state index is 0.0630. The molecule has 0 amide bonds. The molecule has 1 aliphatic carbocycles. The van der Waals surface area contributed by atoms with E-state index in [9.17, 15) is 0 Å². The molecule has 0 spiro atoms. The summed E-state index contributed by atoms with van der Waals surface area (Å²) in [4.78, 5) is 4.04. The molecule has 4 heteroatoms. The van der Waals surface area contributed by atoms with Crippen LogP contribution >= 0.6 is 0 Å². The zero-order valence-electron chi connectivity index (χ0n) is 11.8. The Balaban J connectivity index is 1.51. The van der Waals surface area contributed by atoms with Crippen molar-refractivity contribution >= 4 is 11.7 Å². The highest BCUT2D eigenvalue weighted by atomic mass is 16.5. The normalized spacial score (nSPS) is 23.2. The molecule has 1 aromatic carbocycles. The van der Waals surface area contributed by atoms with Crippen molar-refractivity contribution < 1.29 is 4.74 Å². The Hall–Kier alpha value is -1.71. The highest BCUT2D eigenvalue weighted by Crippen LogP contribution is 2.32. The van der Waals surface area contributed by atoms with Gasteiger partial charge in [-0.2, -0.15) is 0 Å². The zero-order valence-corrected chi connectivity index (χ0v) is 11.8. The average molecular weight is 273 g/mol. The lowest BCUT2D eigenvalue weighted by Gasteiger charge is -2.22. The standard InChI is InChI=1S/C16H23N3O/c17-16-19-11-15(20-16)10-18-14-8-6-13(7-9-14)12-4-2-1-3-5-12/h6-9,12,15,18H,1-5,10-11H2,(H2,17,19). The van der Waals surface area contributed by atoms with Crippen LogP contribution in [-0.2, 0) is 4.74 Å². The van der Waals surface area contributed by atoms with Gasteiger partial charge in [-0.25, -0.2) is 4.99 Å². The van der Waals surface area contributed by atoms with E-state index in [0.717, 1.165) is 18.2 Å². The number of benzene rings is 1. The number of nitrogens with one attached hydrogen (secondary N) is 1. The number of hydrogen-bond acceptors (Lipinski definition) is 4. The Morgan fingerprint density at radius 1 is 1.15 bits per heavy atom. The van der Waals surface area contributed by atoms with Crippen molar-refractivity contribution in [2.45, 2.75) is 44.1 Å². The monoisotopic (exact) mass is 273 g/mol. The van der Waals surface area contributed by atoms with Crippen LogP contribution in [0.2, 0.25) is 0 Å². The molecule has 20 heavy (non-hydrogen) atoms. The van der Waals surface area contributed by atoms with E-state index in [1.807, 2.05) is 0 Å². The second-order valence-electron chi connectivity index (χ2n) is 5.76. The number of ether oxygens (including phenoxy) is 1. The van der Waals surface area contributed by atoms with Crippen LogP contribution in [0.1, 0.15) is 43.6 Å². The summed E-state index contributed by atoms with van der Waals surface area (Å²) in [5, 5.41) is 3.38. The first-order valence-corrected chi connectivity index (χ1v) is 7.61. The van der Waals surface area contributed by atoms with Crippen molar-refractivity contribution in [2.24, 2.45) is 10.7 Å². The molecule has 1 unspecified atom stereocenters. The molecular weight excluding hydrogens is 250 g/mol. The summed E-state index contributed by atoms with van der Waals surface area (Å²) in [5.41, 5.74) is 8.12. The maximum atomic E-state index is 5.50. The van der Waals surface area contributed by atoms with Crippen LogP contribution in [0, 0.1) is 0 Å². The summed E-state index contributed by atoms with van der Waals surface area (Å²) in [5.74, 6) is 0.768. The molecule has 0 saturated heterocycles. The summed E-state index contributed by atoms with van der Waals surface area (Å²) in [7, 11) is 0. The highest BCUT2D eigenvalue weighted by Gasteiger charge is 2.17. The maximum absolute atomic E-state index is 5.50. The largest absolute Gasteiger partial charge is 0.458 e. The predicted octanol–water partition coefficient (Wildman–Crippen LogP) is 2.86. The Morgan fingerprint density at radius 2 is 1.90 bits per heavy atom. The molecule has 108 valence electrons. The van der Waals surface area contributed by atoms with Gasteiger partial charge in [0.25, 0.3) is 6.02 Å². The predicted molar refractivity (Wildman–Crippen MR) is 82.1 cm³/mol. The molecule has 0 aromatic heterocycles. The first kappa shape index (κ1) is 13.3. The maximum Gasteiger partial charge on any atom is 0.282 e. The molecule has 1 atom stereocenters. The number of amidine groups is 1. The summed E-state index contributed by atoms with van der Waals surface area (Å²) >= 11 is 0. The third-order valence-corrected chi connectivity index (χ3v) is 4.26. The van der Waals surface area contributed by atoms with Crippen LogP contribution in [0.15, 0.2) is 29.3 Å². The number of rotatable bonds is 4. The van der Waals surface area contributed by atoms with Gasteiger partial charge < -0.3 is 15.8 Å². The van der Waals surface area contributed by atoms with Gasteiger partial charge in [0, 0.05) is 5.69 Å². The van der Waals surface area contributed by atoms with Gasteiger partial charge in [-0.1, -0.05) is 31.4 Å². The van der Waals surface area contributed by atoms with Crippen LogP contribution in [0.25, 0.3) is 0 Å². The number of nitrogens with zero attached hydrogens (tertiary/aromatic N) is 1.